The number of rotatable bonds is 4. The minimum absolute atomic E-state index is 0.175. The van der Waals surface area contributed by atoms with Gasteiger partial charge in [-0.3, -0.25) is 0 Å². The first kappa shape index (κ1) is 12.1. The van der Waals surface area contributed by atoms with Crippen molar-refractivity contribution in [1.82, 2.24) is 9.97 Å². The molecule has 2 aromatic rings. The number of benzene rings is 1. The standard InChI is InChI=1S/C12H15N3OS/c1-8(6-16)7-17-12-11(13)14-9-4-2-3-5-10(9)15-12/h2-5,8,16H,6-7H2,1H3,(H2,13,14). The summed E-state index contributed by atoms with van der Waals surface area (Å²) in [4.78, 5) is 8.79. The van der Waals surface area contributed by atoms with Gasteiger partial charge in [0.05, 0.1) is 11.0 Å². The Morgan fingerprint density at radius 3 is 2.59 bits per heavy atom. The summed E-state index contributed by atoms with van der Waals surface area (Å²) < 4.78 is 0. The van der Waals surface area contributed by atoms with Crippen LogP contribution < -0.4 is 5.73 Å². The Morgan fingerprint density at radius 1 is 1.29 bits per heavy atom. The van der Waals surface area contributed by atoms with E-state index in [1.54, 1.807) is 0 Å². The van der Waals surface area contributed by atoms with Gasteiger partial charge in [0.15, 0.2) is 5.82 Å². The van der Waals surface area contributed by atoms with E-state index in [4.69, 9.17) is 10.8 Å². The summed E-state index contributed by atoms with van der Waals surface area (Å²) in [5.74, 6) is 1.47. The molecule has 4 nitrogen and oxygen atoms in total. The molecule has 0 fully saturated rings. The van der Waals surface area contributed by atoms with Crippen LogP contribution in [0.4, 0.5) is 5.82 Å². The highest BCUT2D eigenvalue weighted by Crippen LogP contribution is 2.25. The molecule has 0 saturated carbocycles. The Balaban J connectivity index is 2.25. The summed E-state index contributed by atoms with van der Waals surface area (Å²) in [7, 11) is 0. The number of hydrogen-bond acceptors (Lipinski definition) is 5. The average Bonchev–Trinajstić information content (AvgIpc) is 2.35. The molecule has 17 heavy (non-hydrogen) atoms. The van der Waals surface area contributed by atoms with Gasteiger partial charge in [0.2, 0.25) is 0 Å². The van der Waals surface area contributed by atoms with Gasteiger partial charge in [0.1, 0.15) is 5.03 Å². The van der Waals surface area contributed by atoms with Gasteiger partial charge in [0.25, 0.3) is 0 Å². The van der Waals surface area contributed by atoms with Crippen LogP contribution in [0.25, 0.3) is 11.0 Å². The van der Waals surface area contributed by atoms with Crippen LogP contribution in [0.15, 0.2) is 29.3 Å². The second kappa shape index (κ2) is 5.33. The van der Waals surface area contributed by atoms with Crippen molar-refractivity contribution in [2.24, 2.45) is 5.92 Å². The lowest BCUT2D eigenvalue weighted by Crippen LogP contribution is -2.05. The van der Waals surface area contributed by atoms with Crippen LogP contribution in [0.3, 0.4) is 0 Å². The summed E-state index contributed by atoms with van der Waals surface area (Å²) in [5.41, 5.74) is 7.52. The van der Waals surface area contributed by atoms with Crippen LogP contribution in [-0.2, 0) is 0 Å². The van der Waals surface area contributed by atoms with Crippen molar-refractivity contribution in [2.75, 3.05) is 18.1 Å². The Hall–Kier alpha value is -1.33. The quantitative estimate of drug-likeness (QED) is 0.810. The number of aliphatic hydroxyl groups excluding tert-OH is 1. The molecule has 0 aliphatic heterocycles. The van der Waals surface area contributed by atoms with Crippen molar-refractivity contribution < 1.29 is 5.11 Å². The molecule has 0 aliphatic carbocycles. The van der Waals surface area contributed by atoms with Crippen molar-refractivity contribution in [3.63, 3.8) is 0 Å². The van der Waals surface area contributed by atoms with Crippen molar-refractivity contribution in [1.29, 1.82) is 0 Å². The summed E-state index contributed by atoms with van der Waals surface area (Å²) >= 11 is 1.54. The number of fused-ring (bicyclic) bond motifs is 1. The minimum Gasteiger partial charge on any atom is -0.396 e. The number of nitrogens with two attached hydrogens (primary N) is 1. The Bertz CT molecular complexity index is 518. The molecule has 2 rings (SSSR count). The fourth-order valence-corrected chi connectivity index (χ4v) is 2.28. The van der Waals surface area contributed by atoms with E-state index in [9.17, 15) is 0 Å². The highest BCUT2D eigenvalue weighted by molar-refractivity contribution is 7.99. The molecule has 0 saturated heterocycles. The SMILES string of the molecule is CC(CO)CSc1nc2ccccc2nc1N. The largest absolute Gasteiger partial charge is 0.396 e. The van der Waals surface area contributed by atoms with Crippen LogP contribution >= 0.6 is 11.8 Å². The van der Waals surface area contributed by atoms with Crippen LogP contribution in [0.2, 0.25) is 0 Å². The van der Waals surface area contributed by atoms with Gasteiger partial charge in [-0.05, 0) is 18.1 Å². The van der Waals surface area contributed by atoms with Gasteiger partial charge in [0, 0.05) is 12.4 Å². The maximum atomic E-state index is 8.97. The number of thioether (sulfide) groups is 1. The summed E-state index contributed by atoms with van der Waals surface area (Å²) in [6.45, 7) is 2.16. The van der Waals surface area contributed by atoms with E-state index in [2.05, 4.69) is 9.97 Å². The lowest BCUT2D eigenvalue weighted by Gasteiger charge is -2.08. The van der Waals surface area contributed by atoms with Crippen molar-refractivity contribution in [2.45, 2.75) is 11.9 Å². The highest BCUT2D eigenvalue weighted by Gasteiger charge is 2.08. The Labute approximate surface area is 104 Å². The van der Waals surface area contributed by atoms with Crippen molar-refractivity contribution >= 4 is 28.6 Å². The topological polar surface area (TPSA) is 72.0 Å². The van der Waals surface area contributed by atoms with E-state index in [1.165, 1.54) is 11.8 Å². The zero-order valence-electron chi connectivity index (χ0n) is 9.63. The first-order valence-corrected chi connectivity index (χ1v) is 6.45. The molecule has 0 aliphatic rings. The molecule has 1 unspecified atom stereocenters. The van der Waals surface area contributed by atoms with Crippen LogP contribution in [0, 0.1) is 5.92 Å². The third-order valence-electron chi connectivity index (χ3n) is 2.38. The summed E-state index contributed by atoms with van der Waals surface area (Å²) in [6.07, 6.45) is 0. The smallest absolute Gasteiger partial charge is 0.156 e. The van der Waals surface area contributed by atoms with E-state index in [0.29, 0.717) is 5.82 Å². The molecule has 0 spiro atoms. The Kier molecular flexibility index (Phi) is 3.81. The number of aromatic nitrogens is 2. The van der Waals surface area contributed by atoms with Gasteiger partial charge in [-0.2, -0.15) is 0 Å². The van der Waals surface area contributed by atoms with Crippen molar-refractivity contribution in [3.05, 3.63) is 24.3 Å². The Morgan fingerprint density at radius 2 is 1.94 bits per heavy atom. The maximum absolute atomic E-state index is 8.97. The molecule has 90 valence electrons. The molecule has 0 amide bonds. The van der Waals surface area contributed by atoms with Gasteiger partial charge in [-0.15, -0.1) is 11.8 Å². The van der Waals surface area contributed by atoms with Crippen LogP contribution in [0.5, 0.6) is 0 Å². The van der Waals surface area contributed by atoms with E-state index in [0.717, 1.165) is 21.8 Å². The fraction of sp³-hybridized carbons (Fsp3) is 0.333. The number of aliphatic hydroxyl groups is 1. The number of anilines is 1. The summed E-state index contributed by atoms with van der Waals surface area (Å²) in [5, 5.41) is 9.71. The molecule has 0 radical (unpaired) electrons. The monoisotopic (exact) mass is 249 g/mol. The summed E-state index contributed by atoms with van der Waals surface area (Å²) in [6, 6.07) is 7.65. The molecule has 1 aromatic carbocycles. The first-order chi connectivity index (χ1) is 8.20. The van der Waals surface area contributed by atoms with Crippen LogP contribution in [-0.4, -0.2) is 27.4 Å². The zero-order valence-corrected chi connectivity index (χ0v) is 10.4. The minimum atomic E-state index is 0.175. The van der Waals surface area contributed by atoms with Crippen molar-refractivity contribution in [3.8, 4) is 0 Å². The second-order valence-electron chi connectivity index (χ2n) is 4.00. The molecule has 0 bridgehead atoms. The molecule has 1 atom stereocenters. The van der Waals surface area contributed by atoms with Gasteiger partial charge < -0.3 is 10.8 Å². The van der Waals surface area contributed by atoms with E-state index in [-0.39, 0.29) is 12.5 Å². The normalized spacial score (nSPS) is 12.8. The molecular weight excluding hydrogens is 234 g/mol. The zero-order chi connectivity index (χ0) is 12.3. The van der Waals surface area contributed by atoms with Gasteiger partial charge >= 0.3 is 0 Å². The highest BCUT2D eigenvalue weighted by atomic mass is 32.2. The molecule has 1 aromatic heterocycles. The third kappa shape index (κ3) is 2.87. The second-order valence-corrected chi connectivity index (χ2v) is 5.01. The predicted octanol–water partition coefficient (Wildman–Crippen LogP) is 1.93. The maximum Gasteiger partial charge on any atom is 0.156 e. The number of hydrogen-bond donors (Lipinski definition) is 2. The molecule has 1 heterocycles. The average molecular weight is 249 g/mol. The third-order valence-corrected chi connectivity index (χ3v) is 3.69. The van der Waals surface area contributed by atoms with E-state index in [1.807, 2.05) is 31.2 Å². The van der Waals surface area contributed by atoms with Gasteiger partial charge in [-0.25, -0.2) is 9.97 Å². The lowest BCUT2D eigenvalue weighted by molar-refractivity contribution is 0.250. The number of nitrogens with zero attached hydrogens (tertiary/aromatic N) is 2. The lowest BCUT2D eigenvalue weighted by atomic mass is 10.2. The van der Waals surface area contributed by atoms with Crippen LogP contribution in [0.1, 0.15) is 6.92 Å². The van der Waals surface area contributed by atoms with E-state index < -0.39 is 0 Å². The van der Waals surface area contributed by atoms with Gasteiger partial charge in [-0.1, -0.05) is 19.1 Å². The first-order valence-electron chi connectivity index (χ1n) is 5.46. The molecule has 5 heteroatoms. The number of para-hydroxylation sites is 2. The molecule has 3 N–H and O–H groups in total. The fourth-order valence-electron chi connectivity index (χ4n) is 1.38. The predicted molar refractivity (Wildman–Crippen MR) is 70.9 cm³/mol. The van der Waals surface area contributed by atoms with E-state index >= 15 is 0 Å². The molecular formula is C12H15N3OS. The number of nitrogen functional groups attached to an aromatic ring is 1.